The van der Waals surface area contributed by atoms with E-state index in [4.69, 9.17) is 8.48 Å². The second-order valence-corrected chi connectivity index (χ2v) is 1.51. The Balaban J connectivity index is 3.46. The molecule has 0 spiro atoms. The van der Waals surface area contributed by atoms with Crippen LogP contribution >= 0.6 is 0 Å². The molecule has 1 aromatic rings. The van der Waals surface area contributed by atoms with Gasteiger partial charge in [0, 0.05) is 5.69 Å². The zero-order chi connectivity index (χ0) is 8.59. The number of anilines is 1. The molecule has 0 amide bonds. The van der Waals surface area contributed by atoms with Crippen molar-refractivity contribution >= 4 is 5.69 Å². The lowest BCUT2D eigenvalue weighted by molar-refractivity contribution is 0.509. The van der Waals surface area contributed by atoms with Crippen molar-refractivity contribution in [1.29, 1.82) is 0 Å². The third-order valence-electron chi connectivity index (χ3n) is 0.808. The lowest BCUT2D eigenvalue weighted by atomic mass is 10.3. The summed E-state index contributed by atoms with van der Waals surface area (Å²) in [6, 6.07) is -0.596. The lowest BCUT2D eigenvalue weighted by Gasteiger charge is -1.91. The summed E-state index contributed by atoms with van der Waals surface area (Å²) in [5.41, 5.74) is 4.85. The van der Waals surface area contributed by atoms with Crippen molar-refractivity contribution in [2.24, 2.45) is 0 Å². The third-order valence-corrected chi connectivity index (χ3v) is 0.808. The fourth-order valence-electron chi connectivity index (χ4n) is 0.423. The summed E-state index contributed by atoms with van der Waals surface area (Å²) in [7, 11) is 0. The second kappa shape index (κ2) is 2.01. The highest BCUT2D eigenvalue weighted by Gasteiger charge is 1.97. The molecule has 2 N–H and O–H groups in total. The van der Waals surface area contributed by atoms with Crippen LogP contribution in [0.5, 0.6) is 0 Å². The van der Waals surface area contributed by atoms with E-state index in [1.807, 2.05) is 0 Å². The molecule has 0 saturated heterocycles. The molecule has 9 heavy (non-hydrogen) atoms. The summed E-state index contributed by atoms with van der Waals surface area (Å²) in [6.07, 6.45) is 0. The molecule has 0 saturated carbocycles. The van der Waals surface area contributed by atoms with Crippen molar-refractivity contribution in [3.63, 3.8) is 0 Å². The Hall–Kier alpha value is -1.12. The van der Waals surface area contributed by atoms with Crippen molar-refractivity contribution in [3.05, 3.63) is 29.8 Å². The molecule has 0 aromatic heterocycles. The maximum Gasteiger partial charge on any atom is 0.160 e. The first-order valence-corrected chi connectivity index (χ1v) is 2.24. The summed E-state index contributed by atoms with van der Waals surface area (Å²) in [5, 5.41) is 0. The minimum absolute atomic E-state index is 0.228. The smallest absolute Gasteiger partial charge is 0.160 e. The van der Waals surface area contributed by atoms with Crippen LogP contribution < -0.4 is 5.73 Å². The van der Waals surface area contributed by atoms with Crippen LogP contribution in [-0.4, -0.2) is 0 Å². The topological polar surface area (TPSA) is 26.0 Å². The molecule has 0 atom stereocenters. The molecule has 0 aliphatic carbocycles. The van der Waals surface area contributed by atoms with E-state index < -0.39 is 23.7 Å². The predicted molar refractivity (Wildman–Crippen MR) is 30.8 cm³/mol. The van der Waals surface area contributed by atoms with Gasteiger partial charge < -0.3 is 5.73 Å². The Morgan fingerprint density at radius 1 is 1.33 bits per heavy atom. The third kappa shape index (κ3) is 1.16. The molecule has 0 aliphatic rings. The average Bonchev–Trinajstić information content (AvgIpc) is 1.97. The predicted octanol–water partition coefficient (Wildman–Crippen LogP) is 1.55. The fourth-order valence-corrected chi connectivity index (χ4v) is 0.423. The minimum atomic E-state index is -1.33. The van der Waals surface area contributed by atoms with E-state index in [9.17, 15) is 8.78 Å². The van der Waals surface area contributed by atoms with Crippen molar-refractivity contribution in [2.75, 3.05) is 5.73 Å². The quantitative estimate of drug-likeness (QED) is 0.531. The van der Waals surface area contributed by atoms with Gasteiger partial charge in [0.05, 0.1) is 2.74 Å². The Morgan fingerprint density at radius 2 is 2.00 bits per heavy atom. The van der Waals surface area contributed by atoms with Crippen LogP contribution in [0.3, 0.4) is 0 Å². The van der Waals surface area contributed by atoms with Gasteiger partial charge in [-0.1, -0.05) is 0 Å². The Morgan fingerprint density at radius 3 is 2.67 bits per heavy atom. The molecule has 1 nitrogen and oxygen atoms in total. The van der Waals surface area contributed by atoms with Gasteiger partial charge in [0.1, 0.15) is 0 Å². The fraction of sp³-hybridized carbons (Fsp3) is 0. The standard InChI is InChI=1S/C6H5F2N/c7-5-2-1-4(9)3-6(5)8/h1-3H,9H2/i1D,2D. The van der Waals surface area contributed by atoms with E-state index in [2.05, 4.69) is 0 Å². The summed E-state index contributed by atoms with van der Waals surface area (Å²) in [4.78, 5) is 0. The average molecular weight is 131 g/mol. The summed E-state index contributed by atoms with van der Waals surface area (Å²) >= 11 is 0. The Kier molecular flexibility index (Phi) is 0.853. The molecule has 1 rings (SSSR count). The minimum Gasteiger partial charge on any atom is -0.399 e. The van der Waals surface area contributed by atoms with Crippen LogP contribution in [0.4, 0.5) is 14.5 Å². The van der Waals surface area contributed by atoms with Gasteiger partial charge in [0.2, 0.25) is 0 Å². The van der Waals surface area contributed by atoms with Gasteiger partial charge in [-0.05, 0) is 18.2 Å². The van der Waals surface area contributed by atoms with E-state index in [1.165, 1.54) is 0 Å². The Labute approximate surface area is 53.9 Å². The molecule has 48 valence electrons. The summed E-state index contributed by atoms with van der Waals surface area (Å²) < 4.78 is 38.6. The van der Waals surface area contributed by atoms with Crippen LogP contribution in [0.1, 0.15) is 2.74 Å². The Bertz CT molecular complexity index is 275. The van der Waals surface area contributed by atoms with Crippen molar-refractivity contribution < 1.29 is 11.5 Å². The first-order chi connectivity index (χ1) is 5.04. The van der Waals surface area contributed by atoms with Crippen LogP contribution in [-0.2, 0) is 0 Å². The highest BCUT2D eigenvalue weighted by atomic mass is 19.2. The molecular weight excluding hydrogens is 124 g/mol. The van der Waals surface area contributed by atoms with Crippen LogP contribution in [0, 0.1) is 11.6 Å². The second-order valence-electron chi connectivity index (χ2n) is 1.51. The van der Waals surface area contributed by atoms with E-state index >= 15 is 0 Å². The zero-order valence-electron chi connectivity index (χ0n) is 6.41. The van der Waals surface area contributed by atoms with Crippen molar-refractivity contribution in [1.82, 2.24) is 0 Å². The highest BCUT2D eigenvalue weighted by molar-refractivity contribution is 5.37. The molecule has 0 unspecified atom stereocenters. The SMILES string of the molecule is [2H]c1c(N)cc(F)c(F)c1[2H]. The molecular formula is C6H5F2N. The number of hydrogen-bond donors (Lipinski definition) is 1. The van der Waals surface area contributed by atoms with E-state index in [-0.39, 0.29) is 5.69 Å². The normalized spacial score (nSPS) is 12.7. The van der Waals surface area contributed by atoms with Gasteiger partial charge in [-0.25, -0.2) is 8.78 Å². The lowest BCUT2D eigenvalue weighted by Crippen LogP contribution is -1.88. The molecule has 0 bridgehead atoms. The maximum absolute atomic E-state index is 12.4. The molecule has 1 aromatic carbocycles. The molecule has 0 heterocycles. The maximum atomic E-state index is 12.4. The van der Waals surface area contributed by atoms with Crippen LogP contribution in [0.2, 0.25) is 0 Å². The first-order valence-electron chi connectivity index (χ1n) is 3.24. The van der Waals surface area contributed by atoms with E-state index in [0.717, 1.165) is 0 Å². The van der Waals surface area contributed by atoms with Gasteiger partial charge in [-0.2, -0.15) is 0 Å². The van der Waals surface area contributed by atoms with Gasteiger partial charge >= 0.3 is 0 Å². The van der Waals surface area contributed by atoms with Crippen molar-refractivity contribution in [2.45, 2.75) is 0 Å². The van der Waals surface area contributed by atoms with Gasteiger partial charge in [0.25, 0.3) is 0 Å². The molecule has 0 radical (unpaired) electrons. The van der Waals surface area contributed by atoms with Crippen LogP contribution in [0.25, 0.3) is 0 Å². The number of rotatable bonds is 0. The molecule has 0 aliphatic heterocycles. The number of benzene rings is 1. The number of hydrogen-bond acceptors (Lipinski definition) is 1. The monoisotopic (exact) mass is 131 g/mol. The number of nitrogens with two attached hydrogens (primary N) is 1. The zero-order valence-corrected chi connectivity index (χ0v) is 4.41. The highest BCUT2D eigenvalue weighted by Crippen LogP contribution is 2.08. The van der Waals surface area contributed by atoms with Crippen molar-refractivity contribution in [3.8, 4) is 0 Å². The van der Waals surface area contributed by atoms with Gasteiger partial charge in [0.15, 0.2) is 11.6 Å². The molecule has 0 fully saturated rings. The van der Waals surface area contributed by atoms with E-state index in [1.54, 1.807) is 0 Å². The van der Waals surface area contributed by atoms with E-state index in [0.29, 0.717) is 6.07 Å². The van der Waals surface area contributed by atoms with Crippen LogP contribution in [0.15, 0.2) is 18.2 Å². The number of halogens is 2. The summed E-state index contributed by atoms with van der Waals surface area (Å²) in [5.74, 6) is -2.52. The molecule has 3 heteroatoms. The summed E-state index contributed by atoms with van der Waals surface area (Å²) in [6.45, 7) is 0. The number of nitrogen functional groups attached to an aromatic ring is 1. The first kappa shape index (κ1) is 3.82. The largest absolute Gasteiger partial charge is 0.399 e. The van der Waals surface area contributed by atoms with Gasteiger partial charge in [-0.3, -0.25) is 0 Å². The van der Waals surface area contributed by atoms with Gasteiger partial charge in [-0.15, -0.1) is 0 Å².